The summed E-state index contributed by atoms with van der Waals surface area (Å²) in [5.74, 6) is -0.817. The number of nitrogens with one attached hydrogen (secondary N) is 1. The quantitative estimate of drug-likeness (QED) is 0.654. The van der Waals surface area contributed by atoms with Crippen molar-refractivity contribution in [3.05, 3.63) is 27.7 Å². The van der Waals surface area contributed by atoms with E-state index in [9.17, 15) is 9.59 Å². The highest BCUT2D eigenvalue weighted by Gasteiger charge is 2.19. The normalized spacial score (nSPS) is 11.8. The van der Waals surface area contributed by atoms with Gasteiger partial charge in [-0.25, -0.2) is 4.79 Å². The Morgan fingerprint density at radius 2 is 2.11 bits per heavy atom. The number of halogens is 1. The molecule has 0 spiro atoms. The first kappa shape index (κ1) is 15.5. The number of nitrogens with two attached hydrogens (primary N) is 1. The van der Waals surface area contributed by atoms with Crippen molar-refractivity contribution >= 4 is 33.5 Å². The molecule has 0 aliphatic heterocycles. The molecule has 5 nitrogen and oxygen atoms in total. The second-order valence-electron chi connectivity index (χ2n) is 4.11. The van der Waals surface area contributed by atoms with Crippen molar-refractivity contribution in [2.75, 3.05) is 12.3 Å². The minimum Gasteiger partial charge on any atom is -0.464 e. The minimum atomic E-state index is -0.702. The van der Waals surface area contributed by atoms with E-state index in [-0.39, 0.29) is 12.5 Å². The predicted molar refractivity (Wildman–Crippen MR) is 76.9 cm³/mol. The number of rotatable bonds is 4. The van der Waals surface area contributed by atoms with Crippen molar-refractivity contribution in [2.24, 2.45) is 0 Å². The van der Waals surface area contributed by atoms with Crippen LogP contribution in [0, 0.1) is 6.92 Å². The summed E-state index contributed by atoms with van der Waals surface area (Å²) in [6.07, 6.45) is 0. The number of nitrogen functional groups attached to an aromatic ring is 1. The van der Waals surface area contributed by atoms with E-state index in [1.165, 1.54) is 0 Å². The van der Waals surface area contributed by atoms with Crippen LogP contribution in [0.4, 0.5) is 5.69 Å². The van der Waals surface area contributed by atoms with E-state index < -0.39 is 12.0 Å². The number of benzene rings is 1. The summed E-state index contributed by atoms with van der Waals surface area (Å²) in [5.41, 5.74) is 7.42. The molecule has 1 aromatic rings. The fourth-order valence-corrected chi connectivity index (χ4v) is 2.01. The molecule has 19 heavy (non-hydrogen) atoms. The molecule has 0 aromatic heterocycles. The van der Waals surface area contributed by atoms with E-state index in [1.54, 1.807) is 32.9 Å². The van der Waals surface area contributed by atoms with Crippen LogP contribution in [0.5, 0.6) is 0 Å². The first-order valence-electron chi connectivity index (χ1n) is 5.90. The van der Waals surface area contributed by atoms with Crippen LogP contribution in [0.2, 0.25) is 0 Å². The minimum absolute atomic E-state index is 0.280. The third-order valence-corrected chi connectivity index (χ3v) is 3.10. The van der Waals surface area contributed by atoms with Gasteiger partial charge in [-0.15, -0.1) is 0 Å². The molecule has 1 aromatic carbocycles. The van der Waals surface area contributed by atoms with Gasteiger partial charge in [0.25, 0.3) is 5.91 Å². The van der Waals surface area contributed by atoms with E-state index in [0.29, 0.717) is 21.3 Å². The number of anilines is 1. The van der Waals surface area contributed by atoms with E-state index in [4.69, 9.17) is 10.5 Å². The monoisotopic (exact) mass is 328 g/mol. The van der Waals surface area contributed by atoms with Crippen LogP contribution in [0.25, 0.3) is 0 Å². The Labute approximate surface area is 120 Å². The zero-order valence-electron chi connectivity index (χ0n) is 11.1. The first-order chi connectivity index (χ1) is 8.86. The highest BCUT2D eigenvalue weighted by molar-refractivity contribution is 9.10. The summed E-state index contributed by atoms with van der Waals surface area (Å²) in [6.45, 7) is 5.33. The van der Waals surface area contributed by atoms with Crippen LogP contribution in [0.15, 0.2) is 16.6 Å². The van der Waals surface area contributed by atoms with E-state index in [0.717, 1.165) is 0 Å². The van der Waals surface area contributed by atoms with Gasteiger partial charge in [-0.3, -0.25) is 4.79 Å². The molecule has 0 saturated carbocycles. The maximum Gasteiger partial charge on any atom is 0.328 e. The average molecular weight is 329 g/mol. The van der Waals surface area contributed by atoms with Crippen molar-refractivity contribution in [3.63, 3.8) is 0 Å². The zero-order chi connectivity index (χ0) is 14.6. The Hall–Kier alpha value is -1.56. The maximum absolute atomic E-state index is 12.1. The van der Waals surface area contributed by atoms with Gasteiger partial charge in [0.2, 0.25) is 0 Å². The third-order valence-electron chi connectivity index (χ3n) is 2.65. The maximum atomic E-state index is 12.1. The lowest BCUT2D eigenvalue weighted by Gasteiger charge is -2.14. The Balaban J connectivity index is 2.87. The molecule has 1 rings (SSSR count). The van der Waals surface area contributed by atoms with E-state index in [1.807, 2.05) is 0 Å². The summed E-state index contributed by atoms with van der Waals surface area (Å²) >= 11 is 3.28. The van der Waals surface area contributed by atoms with Crippen molar-refractivity contribution < 1.29 is 14.3 Å². The number of carbonyl (C=O) groups is 2. The highest BCUT2D eigenvalue weighted by Crippen LogP contribution is 2.22. The number of amides is 1. The number of ether oxygens (including phenoxy) is 1. The lowest BCUT2D eigenvalue weighted by Crippen LogP contribution is -2.39. The average Bonchev–Trinajstić information content (AvgIpc) is 2.33. The van der Waals surface area contributed by atoms with Gasteiger partial charge in [0.15, 0.2) is 0 Å². The number of hydrogen-bond acceptors (Lipinski definition) is 4. The summed E-state index contributed by atoms with van der Waals surface area (Å²) in [4.78, 5) is 23.6. The Morgan fingerprint density at radius 3 is 2.68 bits per heavy atom. The molecular weight excluding hydrogens is 312 g/mol. The van der Waals surface area contributed by atoms with Gasteiger partial charge < -0.3 is 15.8 Å². The van der Waals surface area contributed by atoms with Gasteiger partial charge in [0.1, 0.15) is 6.04 Å². The number of carbonyl (C=O) groups excluding carboxylic acids is 2. The van der Waals surface area contributed by atoms with Crippen LogP contribution < -0.4 is 11.1 Å². The molecule has 0 heterocycles. The summed E-state index contributed by atoms with van der Waals surface area (Å²) in [5, 5.41) is 2.59. The molecule has 1 amide bonds. The van der Waals surface area contributed by atoms with Gasteiger partial charge >= 0.3 is 5.97 Å². The zero-order valence-corrected chi connectivity index (χ0v) is 12.7. The molecule has 0 bridgehead atoms. The van der Waals surface area contributed by atoms with Gasteiger partial charge in [0.05, 0.1) is 6.61 Å². The van der Waals surface area contributed by atoms with Crippen LogP contribution in [0.3, 0.4) is 0 Å². The molecule has 104 valence electrons. The van der Waals surface area contributed by atoms with Crippen molar-refractivity contribution in [1.29, 1.82) is 0 Å². The molecule has 3 N–H and O–H groups in total. The van der Waals surface area contributed by atoms with Gasteiger partial charge in [-0.05, 0) is 38.5 Å². The Bertz CT molecular complexity index is 503. The molecule has 1 unspecified atom stereocenters. The van der Waals surface area contributed by atoms with Crippen LogP contribution in [0.1, 0.15) is 29.8 Å². The van der Waals surface area contributed by atoms with Crippen molar-refractivity contribution in [1.82, 2.24) is 5.32 Å². The molecule has 1 atom stereocenters. The van der Waals surface area contributed by atoms with Gasteiger partial charge in [0, 0.05) is 15.7 Å². The topological polar surface area (TPSA) is 81.4 Å². The Morgan fingerprint density at radius 1 is 1.47 bits per heavy atom. The van der Waals surface area contributed by atoms with Crippen LogP contribution >= 0.6 is 15.9 Å². The third kappa shape index (κ3) is 3.96. The fraction of sp³-hybridized carbons (Fsp3) is 0.385. The first-order valence-corrected chi connectivity index (χ1v) is 6.69. The molecular formula is C13H17BrN2O3. The Kier molecular flexibility index (Phi) is 5.35. The summed E-state index contributed by atoms with van der Waals surface area (Å²) in [6, 6.07) is 2.69. The standard InChI is InChI=1S/C13H17BrN2O3/c1-4-19-13(18)8(3)16-12(17)10-5-9(14)6-11(15)7(10)2/h5-6,8H,4,15H2,1-3H3,(H,16,17). The van der Waals surface area contributed by atoms with E-state index in [2.05, 4.69) is 21.2 Å². The lowest BCUT2D eigenvalue weighted by molar-refractivity contribution is -0.144. The molecule has 0 radical (unpaired) electrons. The largest absolute Gasteiger partial charge is 0.464 e. The smallest absolute Gasteiger partial charge is 0.328 e. The number of esters is 1. The predicted octanol–water partition coefficient (Wildman–Crippen LogP) is 2.02. The second-order valence-corrected chi connectivity index (χ2v) is 5.03. The lowest BCUT2D eigenvalue weighted by atomic mass is 10.1. The highest BCUT2D eigenvalue weighted by atomic mass is 79.9. The molecule has 6 heteroatoms. The van der Waals surface area contributed by atoms with Crippen molar-refractivity contribution in [3.8, 4) is 0 Å². The summed E-state index contributed by atoms with van der Waals surface area (Å²) < 4.78 is 5.54. The van der Waals surface area contributed by atoms with Crippen molar-refractivity contribution in [2.45, 2.75) is 26.8 Å². The molecule has 0 saturated heterocycles. The van der Waals surface area contributed by atoms with Crippen LogP contribution in [-0.4, -0.2) is 24.5 Å². The second kappa shape index (κ2) is 6.56. The molecule has 0 fully saturated rings. The van der Waals surface area contributed by atoms with Gasteiger partial charge in [-0.1, -0.05) is 15.9 Å². The molecule has 0 aliphatic rings. The summed E-state index contributed by atoms with van der Waals surface area (Å²) in [7, 11) is 0. The van der Waals surface area contributed by atoms with Crippen LogP contribution in [-0.2, 0) is 9.53 Å². The SMILES string of the molecule is CCOC(=O)C(C)NC(=O)c1cc(Br)cc(N)c1C. The van der Waals surface area contributed by atoms with Gasteiger partial charge in [-0.2, -0.15) is 0 Å². The fourth-order valence-electron chi connectivity index (χ4n) is 1.54. The molecule has 0 aliphatic carbocycles. The number of hydrogen-bond donors (Lipinski definition) is 2. The van der Waals surface area contributed by atoms with E-state index >= 15 is 0 Å².